The Morgan fingerprint density at radius 2 is 1.86 bits per heavy atom. The van der Waals surface area contributed by atoms with Crippen molar-refractivity contribution in [3.8, 4) is 5.69 Å². The van der Waals surface area contributed by atoms with Crippen LogP contribution in [-0.2, 0) is 6.42 Å². The molecule has 2 aromatic carbocycles. The molecule has 1 saturated heterocycles. The molecule has 1 aromatic heterocycles. The largest absolute Gasteiger partial charge is 0.233 e. The third-order valence-corrected chi connectivity index (χ3v) is 6.87. The molecule has 4 rings (SSSR count). The molecule has 0 spiro atoms. The minimum absolute atomic E-state index is 0.718. The number of fused-ring (bicyclic) bond motifs is 1. The number of thioether (sulfide) groups is 2. The number of hydrogen-bond acceptors (Lipinski definition) is 3. The summed E-state index contributed by atoms with van der Waals surface area (Å²) in [7, 11) is 0. The Balaban J connectivity index is 1.62. The first-order valence-corrected chi connectivity index (χ1v) is 9.75. The first kappa shape index (κ1) is 14.2. The lowest BCUT2D eigenvalue weighted by molar-refractivity contribution is 0.910. The number of rotatable bonds is 3. The van der Waals surface area contributed by atoms with Crippen molar-refractivity contribution < 1.29 is 0 Å². The molecule has 0 saturated carbocycles. The molecule has 1 fully saturated rings. The standard InChI is InChI=1S/C18H18N2S2/c1-2-5-16(6-3-1)20-17-8-7-14(11-15(17)13-19-20)12-18-21-9-4-10-22-18/h1-3,5-8,11,13,18H,4,9-10,12H2. The molecule has 3 aromatic rings. The van der Waals surface area contributed by atoms with Crippen LogP contribution in [0.4, 0.5) is 0 Å². The fourth-order valence-corrected chi connectivity index (χ4v) is 5.74. The van der Waals surface area contributed by atoms with Gasteiger partial charge in [0, 0.05) is 5.39 Å². The summed E-state index contributed by atoms with van der Waals surface area (Å²) < 4.78 is 2.74. The van der Waals surface area contributed by atoms with Crippen molar-refractivity contribution in [1.82, 2.24) is 9.78 Å². The van der Waals surface area contributed by atoms with E-state index in [0.717, 1.165) is 16.7 Å². The quantitative estimate of drug-likeness (QED) is 0.691. The summed E-state index contributed by atoms with van der Waals surface area (Å²) in [5.74, 6) is 2.62. The molecule has 112 valence electrons. The molecular weight excluding hydrogens is 308 g/mol. The van der Waals surface area contributed by atoms with Crippen LogP contribution in [0.2, 0.25) is 0 Å². The zero-order valence-corrected chi connectivity index (χ0v) is 13.9. The van der Waals surface area contributed by atoms with Gasteiger partial charge in [-0.2, -0.15) is 5.10 Å². The van der Waals surface area contributed by atoms with Gasteiger partial charge in [-0.3, -0.25) is 0 Å². The van der Waals surface area contributed by atoms with Crippen molar-refractivity contribution in [3.05, 3.63) is 60.3 Å². The van der Waals surface area contributed by atoms with Crippen molar-refractivity contribution in [2.45, 2.75) is 17.4 Å². The van der Waals surface area contributed by atoms with Crippen LogP contribution >= 0.6 is 23.5 Å². The number of benzene rings is 2. The average molecular weight is 326 g/mol. The van der Waals surface area contributed by atoms with Crippen LogP contribution in [0.25, 0.3) is 16.6 Å². The second kappa shape index (κ2) is 6.39. The van der Waals surface area contributed by atoms with Crippen molar-refractivity contribution in [3.63, 3.8) is 0 Å². The maximum absolute atomic E-state index is 4.56. The summed E-state index contributed by atoms with van der Waals surface area (Å²) in [6, 6.07) is 17.1. The number of aromatic nitrogens is 2. The molecule has 0 unspecified atom stereocenters. The third-order valence-electron chi connectivity index (χ3n) is 3.93. The van der Waals surface area contributed by atoms with E-state index in [9.17, 15) is 0 Å². The van der Waals surface area contributed by atoms with Crippen LogP contribution in [0.5, 0.6) is 0 Å². The second-order valence-corrected chi connectivity index (χ2v) is 8.43. The summed E-state index contributed by atoms with van der Waals surface area (Å²) in [5.41, 5.74) is 3.72. The van der Waals surface area contributed by atoms with Gasteiger partial charge in [-0.25, -0.2) is 4.68 Å². The first-order valence-electron chi connectivity index (χ1n) is 7.65. The second-order valence-electron chi connectivity index (χ2n) is 5.51. The Morgan fingerprint density at radius 1 is 1.05 bits per heavy atom. The zero-order chi connectivity index (χ0) is 14.8. The lowest BCUT2D eigenvalue weighted by atomic mass is 10.1. The molecule has 0 atom stereocenters. The zero-order valence-electron chi connectivity index (χ0n) is 12.3. The van der Waals surface area contributed by atoms with E-state index in [1.807, 2.05) is 16.9 Å². The number of para-hydroxylation sites is 1. The molecule has 0 radical (unpaired) electrons. The SMILES string of the molecule is c1ccc(-n2ncc3cc(CC4SCCCS4)ccc32)cc1. The molecule has 1 aliphatic heterocycles. The van der Waals surface area contributed by atoms with Gasteiger partial charge >= 0.3 is 0 Å². The van der Waals surface area contributed by atoms with Gasteiger partial charge in [-0.15, -0.1) is 23.5 Å². The van der Waals surface area contributed by atoms with Crippen LogP contribution in [0, 0.1) is 0 Å². The summed E-state index contributed by atoms with van der Waals surface area (Å²) in [5, 5.41) is 5.79. The van der Waals surface area contributed by atoms with Crippen LogP contribution in [0.3, 0.4) is 0 Å². The van der Waals surface area contributed by atoms with Gasteiger partial charge < -0.3 is 0 Å². The van der Waals surface area contributed by atoms with Crippen LogP contribution in [-0.4, -0.2) is 25.9 Å². The van der Waals surface area contributed by atoms with E-state index in [-0.39, 0.29) is 0 Å². The fraction of sp³-hybridized carbons (Fsp3) is 0.278. The first-order chi connectivity index (χ1) is 10.9. The van der Waals surface area contributed by atoms with E-state index in [0.29, 0.717) is 0 Å². The predicted octanol–water partition coefficient (Wildman–Crippen LogP) is 4.76. The monoisotopic (exact) mass is 326 g/mol. The minimum atomic E-state index is 0.718. The molecule has 1 aliphatic rings. The minimum Gasteiger partial charge on any atom is -0.233 e. The molecule has 2 nitrogen and oxygen atoms in total. The van der Waals surface area contributed by atoms with E-state index in [4.69, 9.17) is 0 Å². The van der Waals surface area contributed by atoms with Gasteiger partial charge in [0.1, 0.15) is 0 Å². The van der Waals surface area contributed by atoms with Gasteiger partial charge in [0.2, 0.25) is 0 Å². The van der Waals surface area contributed by atoms with Crippen molar-refractivity contribution in [1.29, 1.82) is 0 Å². The molecule has 4 heteroatoms. The Labute approximate surface area is 139 Å². The van der Waals surface area contributed by atoms with E-state index in [1.165, 1.54) is 34.4 Å². The average Bonchev–Trinajstić information content (AvgIpc) is 3.00. The third kappa shape index (κ3) is 2.90. The molecule has 0 bridgehead atoms. The lowest BCUT2D eigenvalue weighted by Crippen LogP contribution is -2.09. The highest BCUT2D eigenvalue weighted by atomic mass is 32.2. The Kier molecular flexibility index (Phi) is 4.13. The predicted molar refractivity (Wildman–Crippen MR) is 98.1 cm³/mol. The summed E-state index contributed by atoms with van der Waals surface area (Å²) in [6.07, 6.45) is 4.49. The highest BCUT2D eigenvalue weighted by molar-refractivity contribution is 8.17. The maximum atomic E-state index is 4.56. The summed E-state index contributed by atoms with van der Waals surface area (Å²) in [4.78, 5) is 0. The van der Waals surface area contributed by atoms with Gasteiger partial charge in [0.15, 0.2) is 0 Å². The topological polar surface area (TPSA) is 17.8 Å². The highest BCUT2D eigenvalue weighted by Gasteiger charge is 2.15. The van der Waals surface area contributed by atoms with Gasteiger partial charge in [0.25, 0.3) is 0 Å². The molecule has 0 amide bonds. The van der Waals surface area contributed by atoms with Crippen molar-refractivity contribution >= 4 is 34.4 Å². The number of nitrogens with zero attached hydrogens (tertiary/aromatic N) is 2. The summed E-state index contributed by atoms with van der Waals surface area (Å²) in [6.45, 7) is 0. The van der Waals surface area contributed by atoms with Gasteiger partial charge in [-0.1, -0.05) is 24.3 Å². The Morgan fingerprint density at radius 3 is 2.68 bits per heavy atom. The molecule has 22 heavy (non-hydrogen) atoms. The summed E-state index contributed by atoms with van der Waals surface area (Å²) >= 11 is 4.22. The molecule has 0 N–H and O–H groups in total. The van der Waals surface area contributed by atoms with E-state index < -0.39 is 0 Å². The van der Waals surface area contributed by atoms with Gasteiger partial charge in [-0.05, 0) is 54.2 Å². The van der Waals surface area contributed by atoms with Gasteiger partial charge in [0.05, 0.1) is 22.0 Å². The van der Waals surface area contributed by atoms with Crippen LogP contribution < -0.4 is 0 Å². The molecule has 2 heterocycles. The van der Waals surface area contributed by atoms with E-state index >= 15 is 0 Å². The Bertz CT molecular complexity index is 761. The van der Waals surface area contributed by atoms with Crippen LogP contribution in [0.15, 0.2) is 54.7 Å². The number of hydrogen-bond donors (Lipinski definition) is 0. The fourth-order valence-electron chi connectivity index (χ4n) is 2.83. The normalized spacial score (nSPS) is 16.2. The van der Waals surface area contributed by atoms with E-state index in [2.05, 4.69) is 71.1 Å². The maximum Gasteiger partial charge on any atom is 0.0741 e. The van der Waals surface area contributed by atoms with Crippen molar-refractivity contribution in [2.24, 2.45) is 0 Å². The lowest BCUT2D eigenvalue weighted by Gasteiger charge is -2.20. The molecular formula is C18H18N2S2. The Hall–Kier alpha value is -1.39. The van der Waals surface area contributed by atoms with Crippen molar-refractivity contribution in [2.75, 3.05) is 11.5 Å². The van der Waals surface area contributed by atoms with E-state index in [1.54, 1.807) is 0 Å². The van der Waals surface area contributed by atoms with Crippen LogP contribution in [0.1, 0.15) is 12.0 Å². The molecule has 0 aliphatic carbocycles. The highest BCUT2D eigenvalue weighted by Crippen LogP contribution is 2.33. The smallest absolute Gasteiger partial charge is 0.0741 e.